The zero-order valence-electron chi connectivity index (χ0n) is 20.5. The van der Waals surface area contributed by atoms with Gasteiger partial charge in [-0.25, -0.2) is 22.8 Å². The van der Waals surface area contributed by atoms with Gasteiger partial charge in [0.25, 0.3) is 0 Å². The Labute approximate surface area is 207 Å². The second-order valence-electron chi connectivity index (χ2n) is 10.1. The molecule has 1 aliphatic heterocycles. The van der Waals surface area contributed by atoms with E-state index >= 15 is 13.2 Å². The van der Waals surface area contributed by atoms with Crippen LogP contribution in [0, 0.1) is 17.5 Å². The summed E-state index contributed by atoms with van der Waals surface area (Å²) < 4.78 is 56.7. The summed E-state index contributed by atoms with van der Waals surface area (Å²) in [4.78, 5) is 26.2. The predicted molar refractivity (Wildman–Crippen MR) is 129 cm³/mol. The first-order valence-corrected chi connectivity index (χ1v) is 12.0. The van der Waals surface area contributed by atoms with E-state index in [1.807, 2.05) is 0 Å². The van der Waals surface area contributed by atoms with Crippen molar-refractivity contribution in [3.05, 3.63) is 58.9 Å². The highest BCUT2D eigenvalue weighted by atomic mass is 19.2. The van der Waals surface area contributed by atoms with Gasteiger partial charge in [0.15, 0.2) is 17.5 Å². The van der Waals surface area contributed by atoms with Crippen LogP contribution >= 0.6 is 0 Å². The Kier molecular flexibility index (Phi) is 7.33. The van der Waals surface area contributed by atoms with Crippen LogP contribution in [-0.2, 0) is 16.1 Å². The lowest BCUT2D eigenvalue weighted by atomic mass is 10.1. The van der Waals surface area contributed by atoms with Crippen molar-refractivity contribution < 1.29 is 32.2 Å². The van der Waals surface area contributed by atoms with Gasteiger partial charge in [-0.05, 0) is 45.6 Å². The van der Waals surface area contributed by atoms with Gasteiger partial charge in [0, 0.05) is 19.1 Å². The van der Waals surface area contributed by atoms with Crippen LogP contribution in [0.3, 0.4) is 0 Å². The summed E-state index contributed by atoms with van der Waals surface area (Å²) in [6.07, 6.45) is 1.18. The molecule has 2 aromatic carbocycles. The number of alkyl carbamates (subject to hydrolysis) is 1. The van der Waals surface area contributed by atoms with E-state index in [1.165, 1.54) is 4.90 Å². The number of halogens is 3. The van der Waals surface area contributed by atoms with Gasteiger partial charge in [-0.2, -0.15) is 0 Å². The van der Waals surface area contributed by atoms with E-state index in [-0.39, 0.29) is 25.7 Å². The second-order valence-corrected chi connectivity index (χ2v) is 10.1. The number of nitrogens with zero attached hydrogens (tertiary/aromatic N) is 1. The highest BCUT2D eigenvalue weighted by molar-refractivity contribution is 5.97. The van der Waals surface area contributed by atoms with E-state index in [9.17, 15) is 9.59 Å². The number of ether oxygens (including phenoxy) is 2. The van der Waals surface area contributed by atoms with Gasteiger partial charge in [-0.3, -0.25) is 0 Å². The predicted octanol–water partition coefficient (Wildman–Crippen LogP) is 5.14. The summed E-state index contributed by atoms with van der Waals surface area (Å²) in [5.74, 6) is -5.17. The topological polar surface area (TPSA) is 79.9 Å². The van der Waals surface area contributed by atoms with Gasteiger partial charge in [0.2, 0.25) is 0 Å². The maximum atomic E-state index is 15.7. The Balaban J connectivity index is 1.57. The number of nitrogens with one attached hydrogen (secondary N) is 2. The number of hydrogen-bond acceptors (Lipinski definition) is 6. The molecule has 2 fully saturated rings. The molecule has 0 bridgehead atoms. The minimum absolute atomic E-state index is 0.0488. The molecule has 1 saturated carbocycles. The number of benzene rings is 2. The minimum atomic E-state index is -1.48. The normalized spacial score (nSPS) is 17.6. The summed E-state index contributed by atoms with van der Waals surface area (Å²) in [5.41, 5.74) is -1.82. The Morgan fingerprint density at radius 1 is 1.00 bits per heavy atom. The first-order valence-electron chi connectivity index (χ1n) is 12.0. The third-order valence-electron chi connectivity index (χ3n) is 5.87. The monoisotopic (exact) mass is 505 g/mol. The Hall–Kier alpha value is -3.43. The van der Waals surface area contributed by atoms with Gasteiger partial charge in [0.05, 0.1) is 11.7 Å². The molecule has 194 valence electrons. The summed E-state index contributed by atoms with van der Waals surface area (Å²) in [6, 6.07) is 8.13. The SMILES string of the molecule is CC(C)(C)OC(=O)N[C@H]1CCN(c2c(F)c(F)c(C(=O)OCc3ccccc3)c(NC3CC3)c2F)C1. The quantitative estimate of drug-likeness (QED) is 0.401. The molecule has 10 heteroatoms. The largest absolute Gasteiger partial charge is 0.457 e. The summed E-state index contributed by atoms with van der Waals surface area (Å²) in [5, 5.41) is 5.51. The van der Waals surface area contributed by atoms with Crippen molar-refractivity contribution in [1.82, 2.24) is 5.32 Å². The van der Waals surface area contributed by atoms with Crippen molar-refractivity contribution >= 4 is 23.4 Å². The van der Waals surface area contributed by atoms with Crippen LogP contribution in [0.4, 0.5) is 29.3 Å². The molecule has 1 heterocycles. The zero-order chi connectivity index (χ0) is 26.0. The fraction of sp³-hybridized carbons (Fsp3) is 0.462. The molecular formula is C26H30F3N3O4. The highest BCUT2D eigenvalue weighted by Gasteiger charge is 2.37. The number of carbonyl (C=O) groups is 2. The second kappa shape index (κ2) is 10.3. The van der Waals surface area contributed by atoms with Crippen molar-refractivity contribution in [1.29, 1.82) is 0 Å². The third-order valence-corrected chi connectivity index (χ3v) is 5.87. The van der Waals surface area contributed by atoms with Crippen LogP contribution in [0.2, 0.25) is 0 Å². The molecule has 7 nitrogen and oxygen atoms in total. The first-order chi connectivity index (χ1) is 17.0. The number of esters is 1. The van der Waals surface area contributed by atoms with Gasteiger partial charge >= 0.3 is 12.1 Å². The number of carbonyl (C=O) groups excluding carboxylic acids is 2. The molecule has 2 aliphatic rings. The molecule has 1 atom stereocenters. The lowest BCUT2D eigenvalue weighted by Crippen LogP contribution is -2.40. The highest BCUT2D eigenvalue weighted by Crippen LogP contribution is 2.39. The van der Waals surface area contributed by atoms with Crippen LogP contribution < -0.4 is 15.5 Å². The maximum absolute atomic E-state index is 15.7. The fourth-order valence-electron chi connectivity index (χ4n) is 4.04. The average molecular weight is 506 g/mol. The van der Waals surface area contributed by atoms with E-state index in [2.05, 4.69) is 10.6 Å². The van der Waals surface area contributed by atoms with E-state index in [0.29, 0.717) is 12.0 Å². The molecule has 0 aromatic heterocycles. The van der Waals surface area contributed by atoms with E-state index in [0.717, 1.165) is 12.8 Å². The summed E-state index contributed by atoms with van der Waals surface area (Å²) >= 11 is 0. The molecule has 1 aliphatic carbocycles. The van der Waals surface area contributed by atoms with Crippen LogP contribution in [0.1, 0.15) is 56.0 Å². The molecular weight excluding hydrogens is 475 g/mol. The Morgan fingerprint density at radius 2 is 1.69 bits per heavy atom. The molecule has 0 unspecified atom stereocenters. The molecule has 1 amide bonds. The third kappa shape index (κ3) is 6.03. The summed E-state index contributed by atoms with van der Waals surface area (Å²) in [7, 11) is 0. The van der Waals surface area contributed by atoms with E-state index < -0.39 is 58.1 Å². The molecule has 36 heavy (non-hydrogen) atoms. The molecule has 2 N–H and O–H groups in total. The molecule has 2 aromatic rings. The standard InChI is InChI=1S/C26H30F3N3O4/c1-26(2,3)36-25(34)31-17-11-12-32(13-17)23-20(28)19(27)18(22(21(23)29)30-16-9-10-16)24(33)35-14-15-7-5-4-6-8-15/h4-8,16-17,30H,9-14H2,1-3H3,(H,31,34)/t17-/m0/s1. The van der Waals surface area contributed by atoms with Crippen LogP contribution in [0.25, 0.3) is 0 Å². The number of amides is 1. The molecule has 0 spiro atoms. The summed E-state index contributed by atoms with van der Waals surface area (Å²) in [6.45, 7) is 5.23. The van der Waals surface area contributed by atoms with Crippen molar-refractivity contribution in [3.8, 4) is 0 Å². The number of anilines is 2. The van der Waals surface area contributed by atoms with Gasteiger partial charge in [-0.15, -0.1) is 0 Å². The minimum Gasteiger partial charge on any atom is -0.457 e. The van der Waals surface area contributed by atoms with Crippen LogP contribution in [0.15, 0.2) is 30.3 Å². The van der Waals surface area contributed by atoms with Crippen molar-refractivity contribution in [2.75, 3.05) is 23.3 Å². The Morgan fingerprint density at radius 3 is 2.33 bits per heavy atom. The lowest BCUT2D eigenvalue weighted by Gasteiger charge is -2.24. The van der Waals surface area contributed by atoms with E-state index in [1.54, 1.807) is 51.1 Å². The van der Waals surface area contributed by atoms with Gasteiger partial charge in [-0.1, -0.05) is 30.3 Å². The van der Waals surface area contributed by atoms with Crippen molar-refractivity contribution in [2.24, 2.45) is 0 Å². The Bertz CT molecular complexity index is 1130. The number of hydrogen-bond donors (Lipinski definition) is 2. The smallest absolute Gasteiger partial charge is 0.407 e. The molecule has 0 radical (unpaired) electrons. The fourth-order valence-corrected chi connectivity index (χ4v) is 4.04. The number of rotatable bonds is 7. The molecule has 4 rings (SSSR count). The zero-order valence-corrected chi connectivity index (χ0v) is 20.5. The first kappa shape index (κ1) is 25.7. The molecule has 1 saturated heterocycles. The van der Waals surface area contributed by atoms with Gasteiger partial charge < -0.3 is 25.0 Å². The van der Waals surface area contributed by atoms with Crippen LogP contribution in [0.5, 0.6) is 0 Å². The average Bonchev–Trinajstić information content (AvgIpc) is 3.52. The van der Waals surface area contributed by atoms with E-state index in [4.69, 9.17) is 9.47 Å². The van der Waals surface area contributed by atoms with Crippen molar-refractivity contribution in [2.45, 2.75) is 64.3 Å². The maximum Gasteiger partial charge on any atom is 0.407 e. The van der Waals surface area contributed by atoms with Crippen LogP contribution in [-0.4, -0.2) is 42.8 Å². The lowest BCUT2D eigenvalue weighted by molar-refractivity contribution is 0.0464. The van der Waals surface area contributed by atoms with Gasteiger partial charge in [0.1, 0.15) is 23.5 Å². The van der Waals surface area contributed by atoms with Crippen molar-refractivity contribution in [3.63, 3.8) is 0 Å².